The molecule has 186 valence electrons. The van der Waals surface area contributed by atoms with E-state index in [1.165, 1.54) is 37.1 Å². The number of hydrogen-bond donors (Lipinski definition) is 2. The van der Waals surface area contributed by atoms with E-state index in [4.69, 9.17) is 0 Å². The number of guanidine groups is 1. The third kappa shape index (κ3) is 8.91. The summed E-state index contributed by atoms with van der Waals surface area (Å²) in [6, 6.07) is 16.7. The molecule has 0 aromatic heterocycles. The molecule has 2 aromatic rings. The normalized spacial score (nSPS) is 14.9. The summed E-state index contributed by atoms with van der Waals surface area (Å²) < 4.78 is 0. The first kappa shape index (κ1) is 28.1. The van der Waals surface area contributed by atoms with Crippen LogP contribution >= 0.6 is 24.0 Å². The Morgan fingerprint density at radius 2 is 1.71 bits per heavy atom. The number of nitrogens with zero attached hydrogens (tertiary/aromatic N) is 3. The van der Waals surface area contributed by atoms with Crippen LogP contribution in [0.1, 0.15) is 46.8 Å². The highest BCUT2D eigenvalue weighted by atomic mass is 127. The molecule has 0 radical (unpaired) electrons. The Balaban J connectivity index is 0.00000408. The number of hydrogen-bond acceptors (Lipinski definition) is 3. The number of aliphatic imine (C=N–C) groups is 1. The van der Waals surface area contributed by atoms with Crippen LogP contribution in [0.2, 0.25) is 0 Å². The molecule has 1 amide bonds. The van der Waals surface area contributed by atoms with Crippen molar-refractivity contribution < 1.29 is 4.79 Å². The fraction of sp³-hybridized carbons (Fsp3) is 0.481. The standard InChI is InChI=1S/C27H39N5O.HI/c1-21-12-15-32(16-13-21)20-24-9-5-8-23(17-24)19-30-27(28-2)29-14-11-22-7-6-10-25(18-22)26(33)31(3)4;/h5-10,17-18,21H,11-16,19-20H2,1-4H3,(H2,28,29,30);1H. The van der Waals surface area contributed by atoms with E-state index in [1.807, 2.05) is 18.2 Å². The molecule has 0 bridgehead atoms. The summed E-state index contributed by atoms with van der Waals surface area (Å²) in [7, 11) is 5.34. The van der Waals surface area contributed by atoms with Gasteiger partial charge >= 0.3 is 0 Å². The summed E-state index contributed by atoms with van der Waals surface area (Å²) in [5.74, 6) is 1.67. The lowest BCUT2D eigenvalue weighted by molar-refractivity contribution is 0.0827. The van der Waals surface area contributed by atoms with Gasteiger partial charge in [-0.2, -0.15) is 0 Å². The van der Waals surface area contributed by atoms with Crippen molar-refractivity contribution in [3.63, 3.8) is 0 Å². The van der Waals surface area contributed by atoms with Gasteiger partial charge < -0.3 is 15.5 Å². The smallest absolute Gasteiger partial charge is 0.253 e. The van der Waals surface area contributed by atoms with Crippen LogP contribution in [0, 0.1) is 5.92 Å². The van der Waals surface area contributed by atoms with E-state index in [9.17, 15) is 4.79 Å². The van der Waals surface area contributed by atoms with Gasteiger partial charge in [-0.15, -0.1) is 24.0 Å². The number of likely N-dealkylation sites (tertiary alicyclic amines) is 1. The largest absolute Gasteiger partial charge is 0.356 e. The van der Waals surface area contributed by atoms with Gasteiger partial charge in [0.1, 0.15) is 0 Å². The quantitative estimate of drug-likeness (QED) is 0.281. The maximum atomic E-state index is 12.2. The SMILES string of the molecule is CN=C(NCCc1cccc(C(=O)N(C)C)c1)NCc1cccc(CN2CCC(C)CC2)c1.I. The average molecular weight is 578 g/mol. The van der Waals surface area contributed by atoms with Crippen LogP contribution in [0.15, 0.2) is 53.5 Å². The number of carbonyl (C=O) groups excluding carboxylic acids is 1. The monoisotopic (exact) mass is 577 g/mol. The zero-order chi connectivity index (χ0) is 23.6. The topological polar surface area (TPSA) is 60.0 Å². The van der Waals surface area contributed by atoms with Gasteiger partial charge in [0, 0.05) is 46.3 Å². The highest BCUT2D eigenvalue weighted by Gasteiger charge is 2.15. The van der Waals surface area contributed by atoms with Gasteiger partial charge in [0.05, 0.1) is 0 Å². The molecule has 0 unspecified atom stereocenters. The van der Waals surface area contributed by atoms with Crippen molar-refractivity contribution in [3.05, 3.63) is 70.8 Å². The predicted octanol–water partition coefficient (Wildman–Crippen LogP) is 4.15. The van der Waals surface area contributed by atoms with Gasteiger partial charge in [-0.25, -0.2) is 0 Å². The second kappa shape index (κ2) is 14.3. The highest BCUT2D eigenvalue weighted by molar-refractivity contribution is 14.0. The molecule has 0 aliphatic carbocycles. The molecule has 6 nitrogen and oxygen atoms in total. The van der Waals surface area contributed by atoms with E-state index in [0.29, 0.717) is 0 Å². The molecule has 34 heavy (non-hydrogen) atoms. The van der Waals surface area contributed by atoms with Crippen LogP contribution in [-0.2, 0) is 19.5 Å². The molecule has 3 rings (SSSR count). The fourth-order valence-corrected chi connectivity index (χ4v) is 4.17. The maximum absolute atomic E-state index is 12.2. The second-order valence-electron chi connectivity index (χ2n) is 9.28. The van der Waals surface area contributed by atoms with Crippen molar-refractivity contribution in [1.82, 2.24) is 20.4 Å². The van der Waals surface area contributed by atoms with Crippen molar-refractivity contribution >= 4 is 35.8 Å². The van der Waals surface area contributed by atoms with Crippen molar-refractivity contribution in [1.29, 1.82) is 0 Å². The van der Waals surface area contributed by atoms with Crippen LogP contribution in [0.5, 0.6) is 0 Å². The lowest BCUT2D eigenvalue weighted by Gasteiger charge is -2.30. The summed E-state index contributed by atoms with van der Waals surface area (Å²) in [6.07, 6.45) is 3.43. The number of nitrogens with one attached hydrogen (secondary N) is 2. The number of piperidine rings is 1. The minimum absolute atomic E-state index is 0. The summed E-state index contributed by atoms with van der Waals surface area (Å²) in [5, 5.41) is 6.80. The first-order valence-corrected chi connectivity index (χ1v) is 12.0. The van der Waals surface area contributed by atoms with Crippen molar-refractivity contribution in [2.75, 3.05) is 40.8 Å². The number of benzene rings is 2. The molecule has 0 atom stereocenters. The van der Waals surface area contributed by atoms with Gasteiger partial charge in [0.25, 0.3) is 5.91 Å². The van der Waals surface area contributed by atoms with E-state index in [1.54, 1.807) is 26.0 Å². The molecular weight excluding hydrogens is 537 g/mol. The van der Waals surface area contributed by atoms with Gasteiger partial charge in [-0.05, 0) is 67.1 Å². The Labute approximate surface area is 222 Å². The minimum Gasteiger partial charge on any atom is -0.356 e. The molecule has 1 heterocycles. The first-order chi connectivity index (χ1) is 15.9. The molecule has 1 saturated heterocycles. The van der Waals surface area contributed by atoms with E-state index < -0.39 is 0 Å². The van der Waals surface area contributed by atoms with Gasteiger partial charge in [-0.3, -0.25) is 14.7 Å². The van der Waals surface area contributed by atoms with Gasteiger partial charge in [0.15, 0.2) is 5.96 Å². The Morgan fingerprint density at radius 3 is 2.41 bits per heavy atom. The summed E-state index contributed by atoms with van der Waals surface area (Å²) >= 11 is 0. The Bertz CT molecular complexity index is 938. The van der Waals surface area contributed by atoms with Crippen LogP contribution in [0.3, 0.4) is 0 Å². The molecule has 2 aromatic carbocycles. The molecule has 0 spiro atoms. The minimum atomic E-state index is 0. The van der Waals surface area contributed by atoms with E-state index in [0.717, 1.165) is 49.1 Å². The average Bonchev–Trinajstić information content (AvgIpc) is 2.82. The summed E-state index contributed by atoms with van der Waals surface area (Å²) in [4.78, 5) is 20.7. The van der Waals surface area contributed by atoms with Crippen molar-refractivity contribution in [3.8, 4) is 0 Å². The Kier molecular flexibility index (Phi) is 11.8. The lowest BCUT2D eigenvalue weighted by Crippen LogP contribution is -2.37. The second-order valence-corrected chi connectivity index (χ2v) is 9.28. The zero-order valence-electron chi connectivity index (χ0n) is 21.0. The molecule has 1 fully saturated rings. The summed E-state index contributed by atoms with van der Waals surface area (Å²) in [5.41, 5.74) is 4.49. The van der Waals surface area contributed by atoms with Crippen LogP contribution in [0.4, 0.5) is 0 Å². The number of rotatable bonds is 8. The zero-order valence-corrected chi connectivity index (χ0v) is 23.3. The van der Waals surface area contributed by atoms with Crippen LogP contribution < -0.4 is 10.6 Å². The lowest BCUT2D eigenvalue weighted by atomic mass is 9.98. The Morgan fingerprint density at radius 1 is 1.03 bits per heavy atom. The third-order valence-electron chi connectivity index (χ3n) is 6.24. The predicted molar refractivity (Wildman–Crippen MR) is 152 cm³/mol. The van der Waals surface area contributed by atoms with E-state index >= 15 is 0 Å². The van der Waals surface area contributed by atoms with E-state index in [-0.39, 0.29) is 29.9 Å². The molecule has 1 aliphatic heterocycles. The maximum Gasteiger partial charge on any atom is 0.253 e. The number of carbonyl (C=O) groups is 1. The number of amides is 1. The first-order valence-electron chi connectivity index (χ1n) is 12.0. The molecule has 0 saturated carbocycles. The molecule has 2 N–H and O–H groups in total. The van der Waals surface area contributed by atoms with Crippen molar-refractivity contribution in [2.24, 2.45) is 10.9 Å². The molecule has 1 aliphatic rings. The summed E-state index contributed by atoms with van der Waals surface area (Å²) in [6.45, 7) is 7.26. The Hall–Kier alpha value is -2.13. The van der Waals surface area contributed by atoms with Crippen LogP contribution in [-0.4, -0.2) is 62.4 Å². The van der Waals surface area contributed by atoms with Gasteiger partial charge in [-0.1, -0.05) is 43.3 Å². The molecule has 7 heteroatoms. The van der Waals surface area contributed by atoms with Crippen LogP contribution in [0.25, 0.3) is 0 Å². The van der Waals surface area contributed by atoms with E-state index in [2.05, 4.69) is 57.8 Å². The highest BCUT2D eigenvalue weighted by Crippen LogP contribution is 2.18. The third-order valence-corrected chi connectivity index (χ3v) is 6.24. The van der Waals surface area contributed by atoms with Gasteiger partial charge in [0.2, 0.25) is 0 Å². The fourth-order valence-electron chi connectivity index (χ4n) is 4.17. The van der Waals surface area contributed by atoms with Crippen molar-refractivity contribution in [2.45, 2.75) is 39.3 Å². The molecular formula is C27H40IN5O. The number of halogens is 1.